The number of hydrogen-bond acceptors (Lipinski definition) is 3. The number of benzene rings is 1. The van der Waals surface area contributed by atoms with E-state index in [9.17, 15) is 9.59 Å². The Morgan fingerprint density at radius 2 is 1.64 bits per heavy atom. The van der Waals surface area contributed by atoms with Crippen molar-refractivity contribution in [3.63, 3.8) is 0 Å². The van der Waals surface area contributed by atoms with Crippen molar-refractivity contribution < 1.29 is 9.59 Å². The van der Waals surface area contributed by atoms with E-state index >= 15 is 0 Å². The molecule has 2 amide bonds. The molecule has 0 aliphatic carbocycles. The molecule has 0 unspecified atom stereocenters. The highest BCUT2D eigenvalue weighted by molar-refractivity contribution is 7.09. The van der Waals surface area contributed by atoms with Crippen LogP contribution in [-0.4, -0.2) is 34.7 Å². The summed E-state index contributed by atoms with van der Waals surface area (Å²) in [5.41, 5.74) is 1.00. The van der Waals surface area contributed by atoms with Gasteiger partial charge in [-0.05, 0) is 28.8 Å². The first-order valence-corrected chi connectivity index (χ1v) is 10.8. The van der Waals surface area contributed by atoms with Crippen LogP contribution >= 0.6 is 11.3 Å². The Bertz CT molecular complexity index is 736. The van der Waals surface area contributed by atoms with Gasteiger partial charge in [-0.25, -0.2) is 0 Å². The zero-order valence-electron chi connectivity index (χ0n) is 17.5. The lowest BCUT2D eigenvalue weighted by molar-refractivity contribution is -0.142. The number of carbonyl (C=O) groups is 2. The summed E-state index contributed by atoms with van der Waals surface area (Å²) in [5, 5.41) is 2.02. The third kappa shape index (κ3) is 7.47. The average Bonchev–Trinajstić information content (AvgIpc) is 3.13. The number of carbonyl (C=O) groups excluding carboxylic acids is 2. The van der Waals surface area contributed by atoms with Gasteiger partial charge in [0.1, 0.15) is 0 Å². The summed E-state index contributed by atoms with van der Waals surface area (Å²) in [6.45, 7) is 10.1. The summed E-state index contributed by atoms with van der Waals surface area (Å²) in [7, 11) is 0. The predicted octanol–water partition coefficient (Wildman–Crippen LogP) is 4.95. The van der Waals surface area contributed by atoms with E-state index in [2.05, 4.69) is 20.8 Å². The van der Waals surface area contributed by atoms with Crippen molar-refractivity contribution in [2.75, 3.05) is 13.1 Å². The van der Waals surface area contributed by atoms with E-state index in [1.807, 2.05) is 59.7 Å². The smallest absolute Gasteiger partial charge is 0.242 e. The van der Waals surface area contributed by atoms with E-state index in [1.165, 1.54) is 0 Å². The second kappa shape index (κ2) is 10.4. The third-order valence-corrected chi connectivity index (χ3v) is 5.21. The van der Waals surface area contributed by atoms with Crippen LogP contribution in [0.5, 0.6) is 0 Å². The molecule has 1 heterocycles. The maximum atomic E-state index is 13.2. The topological polar surface area (TPSA) is 40.6 Å². The Morgan fingerprint density at radius 3 is 2.21 bits per heavy atom. The van der Waals surface area contributed by atoms with Crippen LogP contribution < -0.4 is 0 Å². The van der Waals surface area contributed by atoms with Gasteiger partial charge >= 0.3 is 0 Å². The first-order valence-electron chi connectivity index (χ1n) is 9.90. The number of rotatable bonds is 9. The van der Waals surface area contributed by atoms with Gasteiger partial charge in [0.15, 0.2) is 0 Å². The van der Waals surface area contributed by atoms with Crippen molar-refractivity contribution in [2.45, 2.75) is 53.6 Å². The van der Waals surface area contributed by atoms with Gasteiger partial charge in [0.25, 0.3) is 0 Å². The molecule has 0 saturated carbocycles. The van der Waals surface area contributed by atoms with Crippen LogP contribution in [-0.2, 0) is 22.7 Å². The number of amides is 2. The molecule has 2 aromatic rings. The summed E-state index contributed by atoms with van der Waals surface area (Å²) in [5.74, 6) is 0.0476. The van der Waals surface area contributed by atoms with E-state index < -0.39 is 0 Å². The molecular weight excluding hydrogens is 368 g/mol. The van der Waals surface area contributed by atoms with Crippen LogP contribution in [0.15, 0.2) is 47.8 Å². The maximum absolute atomic E-state index is 13.2. The molecule has 5 heteroatoms. The molecule has 0 fully saturated rings. The van der Waals surface area contributed by atoms with Gasteiger partial charge in [-0.2, -0.15) is 0 Å². The van der Waals surface area contributed by atoms with Crippen LogP contribution in [0.3, 0.4) is 0 Å². The number of thiophene rings is 1. The highest BCUT2D eigenvalue weighted by atomic mass is 32.1. The lowest BCUT2D eigenvalue weighted by Gasteiger charge is -2.29. The first kappa shape index (κ1) is 22.2. The van der Waals surface area contributed by atoms with Crippen molar-refractivity contribution in [1.29, 1.82) is 0 Å². The van der Waals surface area contributed by atoms with Crippen LogP contribution in [0.4, 0.5) is 0 Å². The molecule has 1 aromatic heterocycles. The Hall–Kier alpha value is -2.14. The molecule has 28 heavy (non-hydrogen) atoms. The fourth-order valence-electron chi connectivity index (χ4n) is 3.02. The van der Waals surface area contributed by atoms with Crippen molar-refractivity contribution in [3.05, 3.63) is 58.3 Å². The monoisotopic (exact) mass is 400 g/mol. The molecule has 0 aliphatic heterocycles. The predicted molar refractivity (Wildman–Crippen MR) is 116 cm³/mol. The van der Waals surface area contributed by atoms with E-state index in [-0.39, 0.29) is 23.8 Å². The largest absolute Gasteiger partial charge is 0.333 e. The van der Waals surface area contributed by atoms with E-state index in [0.29, 0.717) is 26.1 Å². The lowest BCUT2D eigenvalue weighted by Crippen LogP contribution is -2.43. The Morgan fingerprint density at radius 1 is 0.929 bits per heavy atom. The minimum atomic E-state index is -0.0905. The SMILES string of the molecule is CCCN(CC(=O)N(Cc1ccccc1)Cc1cccs1)C(=O)CC(C)(C)C. The van der Waals surface area contributed by atoms with Crippen molar-refractivity contribution >= 4 is 23.2 Å². The molecule has 152 valence electrons. The van der Waals surface area contributed by atoms with Gasteiger partial charge in [-0.3, -0.25) is 9.59 Å². The number of nitrogens with zero attached hydrogens (tertiary/aromatic N) is 2. The average molecular weight is 401 g/mol. The molecule has 1 aromatic carbocycles. The zero-order chi connectivity index (χ0) is 20.6. The summed E-state index contributed by atoms with van der Waals surface area (Å²) in [6.07, 6.45) is 1.29. The normalized spacial score (nSPS) is 11.3. The standard InChI is InChI=1S/C23H32N2O2S/c1-5-13-24(21(26)15-23(2,3)4)18-22(27)25(17-20-12-9-14-28-20)16-19-10-7-6-8-11-19/h6-12,14H,5,13,15-18H2,1-4H3. The van der Waals surface area contributed by atoms with Gasteiger partial charge in [-0.1, -0.05) is 64.1 Å². The van der Waals surface area contributed by atoms with Gasteiger partial charge < -0.3 is 9.80 Å². The quantitative estimate of drug-likeness (QED) is 0.597. The second-order valence-corrected chi connectivity index (χ2v) is 9.40. The van der Waals surface area contributed by atoms with Gasteiger partial charge in [0.05, 0.1) is 13.1 Å². The lowest BCUT2D eigenvalue weighted by atomic mass is 9.91. The van der Waals surface area contributed by atoms with Crippen LogP contribution in [0.2, 0.25) is 0 Å². The minimum absolute atomic E-state index is 0.00652. The maximum Gasteiger partial charge on any atom is 0.242 e. The van der Waals surface area contributed by atoms with Crippen LogP contribution in [0, 0.1) is 5.41 Å². The van der Waals surface area contributed by atoms with Crippen LogP contribution in [0.1, 0.15) is 51.0 Å². The molecule has 0 atom stereocenters. The third-order valence-electron chi connectivity index (χ3n) is 4.35. The highest BCUT2D eigenvalue weighted by Gasteiger charge is 2.25. The highest BCUT2D eigenvalue weighted by Crippen LogP contribution is 2.20. The summed E-state index contributed by atoms with van der Waals surface area (Å²) in [6, 6.07) is 14.1. The summed E-state index contributed by atoms with van der Waals surface area (Å²) in [4.78, 5) is 30.6. The van der Waals surface area contributed by atoms with E-state index in [0.717, 1.165) is 16.9 Å². The molecule has 4 nitrogen and oxygen atoms in total. The summed E-state index contributed by atoms with van der Waals surface area (Å²) >= 11 is 1.65. The Balaban J connectivity index is 2.13. The van der Waals surface area contributed by atoms with Crippen LogP contribution in [0.25, 0.3) is 0 Å². The Kier molecular flexibility index (Phi) is 8.24. The second-order valence-electron chi connectivity index (χ2n) is 8.37. The molecule has 0 aliphatic rings. The molecule has 0 N–H and O–H groups in total. The molecule has 0 spiro atoms. The Labute approximate surface area is 173 Å². The van der Waals surface area contributed by atoms with E-state index in [1.54, 1.807) is 16.2 Å². The van der Waals surface area contributed by atoms with Crippen molar-refractivity contribution in [2.24, 2.45) is 5.41 Å². The van der Waals surface area contributed by atoms with Gasteiger partial charge in [0.2, 0.25) is 11.8 Å². The van der Waals surface area contributed by atoms with Gasteiger partial charge in [-0.15, -0.1) is 11.3 Å². The van der Waals surface area contributed by atoms with Gasteiger partial charge in [0, 0.05) is 24.4 Å². The molecule has 0 saturated heterocycles. The molecule has 0 bridgehead atoms. The molecule has 2 rings (SSSR count). The van der Waals surface area contributed by atoms with Crippen molar-refractivity contribution in [1.82, 2.24) is 9.80 Å². The molecule has 0 radical (unpaired) electrons. The summed E-state index contributed by atoms with van der Waals surface area (Å²) < 4.78 is 0. The molecular formula is C23H32N2O2S. The zero-order valence-corrected chi connectivity index (χ0v) is 18.3. The minimum Gasteiger partial charge on any atom is -0.333 e. The first-order chi connectivity index (χ1) is 13.3. The van der Waals surface area contributed by atoms with Crippen molar-refractivity contribution in [3.8, 4) is 0 Å². The fraction of sp³-hybridized carbons (Fsp3) is 0.478. The van der Waals surface area contributed by atoms with E-state index in [4.69, 9.17) is 0 Å². The number of hydrogen-bond donors (Lipinski definition) is 0. The fourth-order valence-corrected chi connectivity index (χ4v) is 3.74.